The van der Waals surface area contributed by atoms with E-state index in [0.717, 1.165) is 43.5 Å². The molecule has 2 fully saturated rings. The summed E-state index contributed by atoms with van der Waals surface area (Å²) in [6.07, 6.45) is 9.75. The van der Waals surface area contributed by atoms with E-state index < -0.39 is 0 Å². The molecule has 3 heteroatoms. The van der Waals surface area contributed by atoms with Crippen LogP contribution in [0.2, 0.25) is 0 Å². The lowest BCUT2D eigenvalue weighted by Gasteiger charge is -2.23. The fourth-order valence-electron chi connectivity index (χ4n) is 2.77. The normalized spacial score (nSPS) is 23.8. The van der Waals surface area contributed by atoms with Crippen molar-refractivity contribution in [3.05, 3.63) is 0 Å². The summed E-state index contributed by atoms with van der Waals surface area (Å²) in [5.74, 6) is 1.82. The van der Waals surface area contributed by atoms with Gasteiger partial charge in [0.1, 0.15) is 5.78 Å². The largest absolute Gasteiger partial charge is 0.381 e. The summed E-state index contributed by atoms with van der Waals surface area (Å²) in [5, 5.41) is 0.766. The molecule has 0 N–H and O–H groups in total. The number of hydrogen-bond acceptors (Lipinski definition) is 3. The molecule has 0 aromatic rings. The number of carbonyl (C=O) groups is 1. The molecule has 0 unspecified atom stereocenters. The highest BCUT2D eigenvalue weighted by molar-refractivity contribution is 8.00. The average Bonchev–Trinajstić information content (AvgIpc) is 2.39. The summed E-state index contributed by atoms with van der Waals surface area (Å²) in [4.78, 5) is 11.9. The van der Waals surface area contributed by atoms with E-state index in [0.29, 0.717) is 11.7 Å². The van der Waals surface area contributed by atoms with Gasteiger partial charge >= 0.3 is 0 Å². The summed E-state index contributed by atoms with van der Waals surface area (Å²) in [5.41, 5.74) is 0. The number of carbonyl (C=O) groups excluding carboxylic acids is 1. The van der Waals surface area contributed by atoms with Crippen LogP contribution in [-0.2, 0) is 9.53 Å². The van der Waals surface area contributed by atoms with Crippen molar-refractivity contribution in [2.75, 3.05) is 19.0 Å². The average molecular weight is 256 g/mol. The van der Waals surface area contributed by atoms with E-state index in [-0.39, 0.29) is 0 Å². The first-order valence-electron chi connectivity index (χ1n) is 7.05. The topological polar surface area (TPSA) is 26.3 Å². The fraction of sp³-hybridized carbons (Fsp3) is 0.929. The van der Waals surface area contributed by atoms with Gasteiger partial charge in [0.15, 0.2) is 0 Å². The maximum atomic E-state index is 11.9. The van der Waals surface area contributed by atoms with E-state index in [1.807, 2.05) is 11.8 Å². The monoisotopic (exact) mass is 256 g/mol. The van der Waals surface area contributed by atoms with Gasteiger partial charge in [0, 0.05) is 24.9 Å². The van der Waals surface area contributed by atoms with Crippen molar-refractivity contribution in [3.63, 3.8) is 0 Å². The van der Waals surface area contributed by atoms with E-state index in [2.05, 4.69) is 0 Å². The first kappa shape index (κ1) is 13.4. The van der Waals surface area contributed by atoms with E-state index in [4.69, 9.17) is 4.74 Å². The lowest BCUT2D eigenvalue weighted by atomic mass is 9.95. The number of rotatable bonds is 5. The zero-order valence-electron chi connectivity index (χ0n) is 10.7. The maximum absolute atomic E-state index is 11.9. The number of thioether (sulfide) groups is 1. The van der Waals surface area contributed by atoms with Crippen LogP contribution in [0.1, 0.15) is 51.4 Å². The number of Topliss-reactive ketones (excluding diaryl/α,β-unsaturated/α-hetero) is 1. The van der Waals surface area contributed by atoms with Crippen LogP contribution in [0.4, 0.5) is 0 Å². The van der Waals surface area contributed by atoms with Gasteiger partial charge in [0.2, 0.25) is 0 Å². The molecule has 2 rings (SSSR count). The van der Waals surface area contributed by atoms with Crippen molar-refractivity contribution >= 4 is 17.5 Å². The van der Waals surface area contributed by atoms with Crippen LogP contribution in [0.15, 0.2) is 0 Å². The highest BCUT2D eigenvalue weighted by Crippen LogP contribution is 2.29. The minimum absolute atomic E-state index is 0.465. The molecular weight excluding hydrogens is 232 g/mol. The number of hydrogen-bond donors (Lipinski definition) is 0. The van der Waals surface area contributed by atoms with Crippen molar-refractivity contribution in [2.45, 2.75) is 56.6 Å². The Hall–Kier alpha value is -0.0200. The Bertz CT molecular complexity index is 230. The first-order chi connectivity index (χ1) is 8.34. The van der Waals surface area contributed by atoms with Crippen molar-refractivity contribution in [2.24, 2.45) is 5.92 Å². The predicted molar refractivity (Wildman–Crippen MR) is 72.5 cm³/mol. The molecule has 0 atom stereocenters. The first-order valence-corrected chi connectivity index (χ1v) is 8.10. The summed E-state index contributed by atoms with van der Waals surface area (Å²) >= 11 is 1.91. The highest BCUT2D eigenvalue weighted by Gasteiger charge is 2.19. The maximum Gasteiger partial charge on any atom is 0.143 e. The summed E-state index contributed by atoms with van der Waals surface area (Å²) in [6, 6.07) is 0. The van der Waals surface area contributed by atoms with Gasteiger partial charge in [-0.05, 0) is 31.6 Å². The third-order valence-electron chi connectivity index (χ3n) is 3.89. The summed E-state index contributed by atoms with van der Waals surface area (Å²) in [6.45, 7) is 1.71. The second kappa shape index (κ2) is 7.42. The molecule has 1 heterocycles. The molecule has 0 bridgehead atoms. The Balaban J connectivity index is 1.59. The van der Waals surface area contributed by atoms with Gasteiger partial charge in [-0.25, -0.2) is 0 Å². The summed E-state index contributed by atoms with van der Waals surface area (Å²) < 4.78 is 5.32. The summed E-state index contributed by atoms with van der Waals surface area (Å²) in [7, 11) is 0. The van der Waals surface area contributed by atoms with E-state index in [9.17, 15) is 4.79 Å². The van der Waals surface area contributed by atoms with Crippen LogP contribution in [0, 0.1) is 5.92 Å². The standard InChI is InChI=1S/C14H24O2S/c15-13(10-12-6-8-16-9-7-12)11-17-14-4-2-1-3-5-14/h12,14H,1-11H2. The molecule has 1 saturated carbocycles. The molecule has 2 aliphatic rings. The van der Waals surface area contributed by atoms with Crippen molar-refractivity contribution in [1.82, 2.24) is 0 Å². The molecule has 1 saturated heterocycles. The number of ether oxygens (including phenoxy) is 1. The predicted octanol–water partition coefficient (Wildman–Crippen LogP) is 3.44. The molecule has 98 valence electrons. The minimum Gasteiger partial charge on any atom is -0.381 e. The van der Waals surface area contributed by atoms with Crippen molar-refractivity contribution < 1.29 is 9.53 Å². The van der Waals surface area contributed by atoms with E-state index in [1.54, 1.807) is 0 Å². The molecule has 0 radical (unpaired) electrons. The third-order valence-corrected chi connectivity index (χ3v) is 5.32. The van der Waals surface area contributed by atoms with Gasteiger partial charge < -0.3 is 4.74 Å². The lowest BCUT2D eigenvalue weighted by Crippen LogP contribution is -2.20. The van der Waals surface area contributed by atoms with Crippen molar-refractivity contribution in [1.29, 1.82) is 0 Å². The van der Waals surface area contributed by atoms with Crippen LogP contribution in [0.3, 0.4) is 0 Å². The van der Waals surface area contributed by atoms with Crippen LogP contribution >= 0.6 is 11.8 Å². The van der Waals surface area contributed by atoms with Gasteiger partial charge in [-0.15, -0.1) is 0 Å². The van der Waals surface area contributed by atoms with E-state index in [1.165, 1.54) is 32.1 Å². The van der Waals surface area contributed by atoms with Gasteiger partial charge in [-0.3, -0.25) is 4.79 Å². The molecule has 1 aliphatic carbocycles. The molecular formula is C14H24O2S. The second-order valence-corrected chi connectivity index (χ2v) is 6.66. The molecule has 0 aromatic carbocycles. The smallest absolute Gasteiger partial charge is 0.143 e. The Kier molecular flexibility index (Phi) is 5.86. The van der Waals surface area contributed by atoms with Crippen molar-refractivity contribution in [3.8, 4) is 0 Å². The second-order valence-electron chi connectivity index (χ2n) is 5.37. The Morgan fingerprint density at radius 3 is 2.47 bits per heavy atom. The zero-order valence-corrected chi connectivity index (χ0v) is 11.5. The molecule has 0 spiro atoms. The Morgan fingerprint density at radius 2 is 1.76 bits per heavy atom. The Morgan fingerprint density at radius 1 is 1.06 bits per heavy atom. The molecule has 1 aliphatic heterocycles. The lowest BCUT2D eigenvalue weighted by molar-refractivity contribution is -0.118. The fourth-order valence-corrected chi connectivity index (χ4v) is 3.98. The third kappa shape index (κ3) is 5.01. The van der Waals surface area contributed by atoms with Gasteiger partial charge in [-0.2, -0.15) is 11.8 Å². The van der Waals surface area contributed by atoms with Crippen LogP contribution in [0.25, 0.3) is 0 Å². The number of ketones is 1. The SMILES string of the molecule is O=C(CSC1CCCCC1)CC1CCOCC1. The molecule has 17 heavy (non-hydrogen) atoms. The molecule has 0 aromatic heterocycles. The van der Waals surface area contributed by atoms with Crippen LogP contribution in [0.5, 0.6) is 0 Å². The quantitative estimate of drug-likeness (QED) is 0.754. The highest BCUT2D eigenvalue weighted by atomic mass is 32.2. The Labute approximate surface area is 109 Å². The van der Waals surface area contributed by atoms with Crippen LogP contribution < -0.4 is 0 Å². The van der Waals surface area contributed by atoms with Gasteiger partial charge in [0.05, 0.1) is 5.75 Å². The minimum atomic E-state index is 0.465. The molecule has 2 nitrogen and oxygen atoms in total. The van der Waals surface area contributed by atoms with Crippen LogP contribution in [-0.4, -0.2) is 30.0 Å². The van der Waals surface area contributed by atoms with Gasteiger partial charge in [-0.1, -0.05) is 19.3 Å². The molecule has 0 amide bonds. The van der Waals surface area contributed by atoms with E-state index >= 15 is 0 Å². The van der Waals surface area contributed by atoms with Gasteiger partial charge in [0.25, 0.3) is 0 Å². The zero-order chi connectivity index (χ0) is 11.9.